The summed E-state index contributed by atoms with van der Waals surface area (Å²) in [6.07, 6.45) is 2.65. The molecule has 1 aromatic carbocycles. The molecule has 3 fully saturated rings. The zero-order chi connectivity index (χ0) is 19.5. The Bertz CT molecular complexity index is 717. The second-order valence-corrected chi connectivity index (χ2v) is 7.88. The first-order valence-corrected chi connectivity index (χ1v) is 10.3. The number of ether oxygens (including phenoxy) is 2. The Morgan fingerprint density at radius 1 is 1.25 bits per heavy atom. The number of hydrogen-bond donors (Lipinski definition) is 1. The Labute approximate surface area is 166 Å². The monoisotopic (exact) mass is 387 g/mol. The van der Waals surface area contributed by atoms with Crippen LogP contribution in [0.25, 0.3) is 0 Å². The van der Waals surface area contributed by atoms with Crippen LogP contribution in [0, 0.1) is 6.92 Å². The molecule has 3 saturated heterocycles. The summed E-state index contributed by atoms with van der Waals surface area (Å²) in [5, 5.41) is 3.29. The first kappa shape index (κ1) is 19.1. The number of nitrogens with zero attached hydrogens (tertiary/aromatic N) is 2. The van der Waals surface area contributed by atoms with Crippen molar-refractivity contribution in [2.75, 3.05) is 32.8 Å². The highest BCUT2D eigenvalue weighted by Gasteiger charge is 2.48. The summed E-state index contributed by atoms with van der Waals surface area (Å²) in [4.78, 5) is 28.6. The minimum Gasteiger partial charge on any atom is -0.493 e. The zero-order valence-corrected chi connectivity index (χ0v) is 16.4. The van der Waals surface area contributed by atoms with E-state index in [-0.39, 0.29) is 30.2 Å². The lowest BCUT2D eigenvalue weighted by molar-refractivity contribution is -0.132. The fraction of sp³-hybridized carbons (Fsp3) is 0.619. The van der Waals surface area contributed by atoms with Gasteiger partial charge in [-0.25, -0.2) is 4.79 Å². The summed E-state index contributed by atoms with van der Waals surface area (Å²) in [7, 11) is 0. The van der Waals surface area contributed by atoms with Crippen LogP contribution < -0.4 is 10.1 Å². The van der Waals surface area contributed by atoms with Gasteiger partial charge in [-0.05, 0) is 37.8 Å². The van der Waals surface area contributed by atoms with Crippen molar-refractivity contribution in [2.45, 2.75) is 50.8 Å². The van der Waals surface area contributed by atoms with E-state index in [2.05, 4.69) is 5.32 Å². The van der Waals surface area contributed by atoms with Crippen molar-refractivity contribution >= 4 is 12.0 Å². The van der Waals surface area contributed by atoms with Gasteiger partial charge in [0.1, 0.15) is 11.9 Å². The maximum absolute atomic E-state index is 12.5. The SMILES string of the molecule is Cc1ccccc1OCCCC(=O)N1CCC(N2C(=O)O[C@H]3CNC[C@H]32)CC1. The maximum Gasteiger partial charge on any atom is 0.410 e. The Balaban J connectivity index is 1.19. The number of piperidine rings is 1. The van der Waals surface area contributed by atoms with Gasteiger partial charge in [0.05, 0.1) is 12.6 Å². The largest absolute Gasteiger partial charge is 0.493 e. The molecule has 152 valence electrons. The molecular formula is C21H29N3O4. The topological polar surface area (TPSA) is 71.1 Å². The standard InChI is InChI=1S/C21H29N3O4/c1-15-5-2-3-6-18(15)27-12-4-7-20(25)23-10-8-16(9-11-23)24-17-13-22-14-19(17)28-21(24)26/h2-3,5-6,16-17,19,22H,4,7-14H2,1H3/t17-,19+/m1/s1. The Morgan fingerprint density at radius 2 is 2.04 bits per heavy atom. The molecule has 0 bridgehead atoms. The van der Waals surface area contributed by atoms with E-state index in [4.69, 9.17) is 9.47 Å². The molecule has 3 aliphatic rings. The van der Waals surface area contributed by atoms with E-state index in [1.165, 1.54) is 0 Å². The molecule has 0 unspecified atom stereocenters. The maximum atomic E-state index is 12.5. The molecule has 0 saturated carbocycles. The predicted molar refractivity (Wildman–Crippen MR) is 104 cm³/mol. The third-order valence-electron chi connectivity index (χ3n) is 6.05. The molecule has 3 aliphatic heterocycles. The Morgan fingerprint density at radius 3 is 2.82 bits per heavy atom. The van der Waals surface area contributed by atoms with Crippen LogP contribution in [0.4, 0.5) is 4.79 Å². The molecule has 1 N–H and O–H groups in total. The van der Waals surface area contributed by atoms with Crippen molar-refractivity contribution in [1.82, 2.24) is 15.1 Å². The molecule has 2 amide bonds. The van der Waals surface area contributed by atoms with Gasteiger partial charge < -0.3 is 19.7 Å². The summed E-state index contributed by atoms with van der Waals surface area (Å²) in [6, 6.07) is 8.24. The van der Waals surface area contributed by atoms with Gasteiger partial charge in [-0.15, -0.1) is 0 Å². The lowest BCUT2D eigenvalue weighted by Gasteiger charge is -2.37. The number of benzene rings is 1. The van der Waals surface area contributed by atoms with Crippen molar-refractivity contribution in [3.05, 3.63) is 29.8 Å². The number of nitrogens with one attached hydrogen (secondary N) is 1. The van der Waals surface area contributed by atoms with E-state index in [0.29, 0.717) is 32.5 Å². The molecule has 7 heteroatoms. The lowest BCUT2D eigenvalue weighted by Crippen LogP contribution is -2.51. The van der Waals surface area contributed by atoms with Gasteiger partial charge in [0, 0.05) is 38.6 Å². The Kier molecular flexibility index (Phi) is 5.71. The van der Waals surface area contributed by atoms with E-state index >= 15 is 0 Å². The van der Waals surface area contributed by atoms with Gasteiger partial charge in [0.25, 0.3) is 0 Å². The van der Waals surface area contributed by atoms with Crippen molar-refractivity contribution in [2.24, 2.45) is 0 Å². The molecule has 0 radical (unpaired) electrons. The second kappa shape index (κ2) is 8.39. The van der Waals surface area contributed by atoms with Crippen LogP contribution in [-0.2, 0) is 9.53 Å². The van der Waals surface area contributed by atoms with E-state index in [9.17, 15) is 9.59 Å². The van der Waals surface area contributed by atoms with Crippen LogP contribution in [-0.4, -0.2) is 72.8 Å². The molecule has 7 nitrogen and oxygen atoms in total. The molecular weight excluding hydrogens is 358 g/mol. The normalized spacial score (nSPS) is 25.0. The third kappa shape index (κ3) is 3.94. The van der Waals surface area contributed by atoms with Gasteiger partial charge in [-0.2, -0.15) is 0 Å². The zero-order valence-electron chi connectivity index (χ0n) is 16.4. The second-order valence-electron chi connectivity index (χ2n) is 7.88. The number of fused-ring (bicyclic) bond motifs is 1. The number of aryl methyl sites for hydroxylation is 1. The first-order chi connectivity index (χ1) is 13.6. The third-order valence-corrected chi connectivity index (χ3v) is 6.05. The number of amides is 2. The number of rotatable bonds is 6. The fourth-order valence-corrected chi connectivity index (χ4v) is 4.46. The average Bonchev–Trinajstić information content (AvgIpc) is 3.26. The number of hydrogen-bond acceptors (Lipinski definition) is 5. The van der Waals surface area contributed by atoms with Crippen molar-refractivity contribution < 1.29 is 19.1 Å². The van der Waals surface area contributed by atoms with Gasteiger partial charge >= 0.3 is 6.09 Å². The summed E-state index contributed by atoms with van der Waals surface area (Å²) >= 11 is 0. The molecule has 1 aromatic rings. The minimum absolute atomic E-state index is 0.0135. The van der Waals surface area contributed by atoms with Crippen LogP contribution in [0.15, 0.2) is 24.3 Å². The fourth-order valence-electron chi connectivity index (χ4n) is 4.46. The summed E-state index contributed by atoms with van der Waals surface area (Å²) < 4.78 is 11.2. The number of carbonyl (C=O) groups is 2. The highest BCUT2D eigenvalue weighted by molar-refractivity contribution is 5.76. The number of carbonyl (C=O) groups excluding carboxylic acids is 2. The number of likely N-dealkylation sites (tertiary alicyclic amines) is 1. The molecule has 0 spiro atoms. The average molecular weight is 387 g/mol. The van der Waals surface area contributed by atoms with Crippen molar-refractivity contribution in [1.29, 1.82) is 0 Å². The molecule has 0 aromatic heterocycles. The highest BCUT2D eigenvalue weighted by Crippen LogP contribution is 2.29. The van der Waals surface area contributed by atoms with Crippen LogP contribution in [0.2, 0.25) is 0 Å². The number of para-hydroxylation sites is 1. The summed E-state index contributed by atoms with van der Waals surface area (Å²) in [6.45, 7) is 5.52. The van der Waals surface area contributed by atoms with Gasteiger partial charge in [0.15, 0.2) is 0 Å². The molecule has 4 rings (SSSR count). The van der Waals surface area contributed by atoms with Crippen LogP contribution in [0.1, 0.15) is 31.2 Å². The molecule has 28 heavy (non-hydrogen) atoms. The van der Waals surface area contributed by atoms with E-state index < -0.39 is 0 Å². The van der Waals surface area contributed by atoms with E-state index in [1.54, 1.807) is 0 Å². The van der Waals surface area contributed by atoms with Gasteiger partial charge in [-0.1, -0.05) is 18.2 Å². The molecule has 2 atom stereocenters. The van der Waals surface area contributed by atoms with Crippen LogP contribution in [0.5, 0.6) is 5.75 Å². The predicted octanol–water partition coefficient (Wildman–Crippen LogP) is 1.94. The smallest absolute Gasteiger partial charge is 0.410 e. The van der Waals surface area contributed by atoms with Crippen LogP contribution in [0.3, 0.4) is 0 Å². The Hall–Kier alpha value is -2.28. The highest BCUT2D eigenvalue weighted by atomic mass is 16.6. The van der Waals surface area contributed by atoms with Crippen LogP contribution >= 0.6 is 0 Å². The first-order valence-electron chi connectivity index (χ1n) is 10.3. The quantitative estimate of drug-likeness (QED) is 0.756. The molecule has 3 heterocycles. The summed E-state index contributed by atoms with van der Waals surface area (Å²) in [5.74, 6) is 1.06. The van der Waals surface area contributed by atoms with E-state index in [0.717, 1.165) is 37.2 Å². The minimum atomic E-state index is -0.186. The summed E-state index contributed by atoms with van der Waals surface area (Å²) in [5.41, 5.74) is 1.11. The van der Waals surface area contributed by atoms with E-state index in [1.807, 2.05) is 41.0 Å². The molecule has 0 aliphatic carbocycles. The van der Waals surface area contributed by atoms with Gasteiger partial charge in [0.2, 0.25) is 5.91 Å². The van der Waals surface area contributed by atoms with Crippen molar-refractivity contribution in [3.8, 4) is 5.75 Å². The van der Waals surface area contributed by atoms with Crippen molar-refractivity contribution in [3.63, 3.8) is 0 Å². The van der Waals surface area contributed by atoms with Gasteiger partial charge in [-0.3, -0.25) is 9.69 Å². The lowest BCUT2D eigenvalue weighted by atomic mass is 10.0.